The summed E-state index contributed by atoms with van der Waals surface area (Å²) in [6.07, 6.45) is -1.21. The molecule has 1 atom stereocenters. The molecule has 2 aliphatic rings. The Hall–Kier alpha value is -2.76. The molecule has 0 unspecified atom stereocenters. The van der Waals surface area contributed by atoms with Crippen LogP contribution in [0.5, 0.6) is 0 Å². The van der Waals surface area contributed by atoms with Gasteiger partial charge in [0.05, 0.1) is 5.56 Å². The van der Waals surface area contributed by atoms with Gasteiger partial charge in [-0.1, -0.05) is 0 Å². The van der Waals surface area contributed by atoms with Crippen molar-refractivity contribution in [1.29, 1.82) is 0 Å². The van der Waals surface area contributed by atoms with Gasteiger partial charge in [-0.2, -0.15) is 13.2 Å². The van der Waals surface area contributed by atoms with Gasteiger partial charge < -0.3 is 9.80 Å². The molecule has 2 aliphatic heterocycles. The van der Waals surface area contributed by atoms with E-state index < -0.39 is 44.0 Å². The van der Waals surface area contributed by atoms with Crippen LogP contribution in [0.1, 0.15) is 30.4 Å². The maximum atomic E-state index is 14.5. The van der Waals surface area contributed by atoms with Gasteiger partial charge in [0.15, 0.2) is 9.84 Å². The lowest BCUT2D eigenvalue weighted by Crippen LogP contribution is -2.46. The number of carbonyl (C=O) groups excluding carboxylic acids is 1. The minimum absolute atomic E-state index is 0.0313. The lowest BCUT2D eigenvalue weighted by molar-refractivity contribution is -0.137. The number of benzene rings is 1. The second kappa shape index (κ2) is 9.36. The van der Waals surface area contributed by atoms with Crippen LogP contribution in [-0.4, -0.2) is 56.1 Å². The fourth-order valence-corrected chi connectivity index (χ4v) is 5.47. The van der Waals surface area contributed by atoms with Gasteiger partial charge >= 0.3 is 6.18 Å². The van der Waals surface area contributed by atoms with Gasteiger partial charge in [0.25, 0.3) is 0 Å². The van der Waals surface area contributed by atoms with Crippen molar-refractivity contribution >= 4 is 21.6 Å². The Bertz CT molecular complexity index is 1210. The number of aromatic nitrogens is 1. The second-order valence-corrected chi connectivity index (χ2v) is 11.0. The summed E-state index contributed by atoms with van der Waals surface area (Å²) in [5.74, 6) is -2.17. The maximum Gasteiger partial charge on any atom is 0.417 e. The summed E-state index contributed by atoms with van der Waals surface area (Å²) in [6, 6.07) is 3.77. The van der Waals surface area contributed by atoms with Crippen LogP contribution >= 0.6 is 0 Å². The van der Waals surface area contributed by atoms with Crippen LogP contribution in [0.4, 0.5) is 27.8 Å². The van der Waals surface area contributed by atoms with E-state index >= 15 is 0 Å². The number of alkyl halides is 3. The van der Waals surface area contributed by atoms with Gasteiger partial charge in [-0.25, -0.2) is 22.2 Å². The van der Waals surface area contributed by atoms with Crippen molar-refractivity contribution in [1.82, 2.24) is 9.88 Å². The molecule has 0 saturated carbocycles. The summed E-state index contributed by atoms with van der Waals surface area (Å²) >= 11 is 0. The van der Waals surface area contributed by atoms with Crippen LogP contribution in [-0.2, 0) is 27.2 Å². The molecular formula is C23H24F5N3O3S. The average molecular weight is 518 g/mol. The van der Waals surface area contributed by atoms with Crippen LogP contribution in [0.2, 0.25) is 0 Å². The fraction of sp³-hybridized carbons (Fsp3) is 0.478. The van der Waals surface area contributed by atoms with Gasteiger partial charge in [-0.05, 0) is 55.5 Å². The summed E-state index contributed by atoms with van der Waals surface area (Å²) in [5, 5.41) is 0. The molecule has 1 amide bonds. The fourth-order valence-electron chi connectivity index (χ4n) is 4.74. The largest absolute Gasteiger partial charge is 0.417 e. The van der Waals surface area contributed by atoms with Crippen molar-refractivity contribution in [2.45, 2.75) is 42.8 Å². The van der Waals surface area contributed by atoms with Crippen LogP contribution < -0.4 is 4.90 Å². The number of carbonyl (C=O) groups is 1. The molecular weight excluding hydrogens is 493 g/mol. The Morgan fingerprint density at radius 3 is 2.29 bits per heavy atom. The molecule has 2 aromatic rings. The van der Waals surface area contributed by atoms with Gasteiger partial charge in [0.1, 0.15) is 22.3 Å². The number of anilines is 1. The van der Waals surface area contributed by atoms with Gasteiger partial charge in [0.2, 0.25) is 5.91 Å². The van der Waals surface area contributed by atoms with E-state index in [4.69, 9.17) is 0 Å². The van der Waals surface area contributed by atoms with Gasteiger partial charge in [-0.3, -0.25) is 4.79 Å². The standard InChI is InChI=1S/C23H24F5N3O3S/c1-35(33,34)20-12-18(24)15(11-19(20)25)10-14-4-9-31(22(14)32)17-5-7-30(8-6-17)21-3-2-16(13-29-21)23(26,27)28/h2-3,11-14,17H,4-10H2,1H3/t14-/m1/s1. The zero-order valence-corrected chi connectivity index (χ0v) is 19.7. The lowest BCUT2D eigenvalue weighted by atomic mass is 9.97. The van der Waals surface area contributed by atoms with Crippen molar-refractivity contribution in [2.24, 2.45) is 5.92 Å². The maximum absolute atomic E-state index is 14.5. The molecule has 2 fully saturated rings. The summed E-state index contributed by atoms with van der Waals surface area (Å²) < 4.78 is 90.1. The minimum Gasteiger partial charge on any atom is -0.356 e. The van der Waals surface area contributed by atoms with Gasteiger partial charge in [-0.15, -0.1) is 0 Å². The molecule has 0 spiro atoms. The lowest BCUT2D eigenvalue weighted by Gasteiger charge is -2.37. The van der Waals surface area contributed by atoms with E-state index in [1.807, 2.05) is 4.90 Å². The van der Waals surface area contributed by atoms with E-state index in [-0.39, 0.29) is 23.9 Å². The van der Waals surface area contributed by atoms with Crippen LogP contribution in [0.15, 0.2) is 35.4 Å². The smallest absolute Gasteiger partial charge is 0.356 e. The number of hydrogen-bond acceptors (Lipinski definition) is 5. The molecule has 35 heavy (non-hydrogen) atoms. The molecule has 190 valence electrons. The van der Waals surface area contributed by atoms with Gasteiger partial charge in [0, 0.05) is 44.0 Å². The monoisotopic (exact) mass is 517 g/mol. The van der Waals surface area contributed by atoms with Crippen molar-refractivity contribution in [3.8, 4) is 0 Å². The Morgan fingerprint density at radius 2 is 1.71 bits per heavy atom. The van der Waals surface area contributed by atoms with E-state index in [2.05, 4.69) is 4.98 Å². The molecule has 6 nitrogen and oxygen atoms in total. The number of halogens is 5. The summed E-state index contributed by atoms with van der Waals surface area (Å²) in [7, 11) is -3.92. The molecule has 2 saturated heterocycles. The SMILES string of the molecule is CS(=O)(=O)c1cc(F)c(C[C@H]2CCN(C3CCN(c4ccc(C(F)(F)F)cn4)CC3)C2=O)cc1F. The van der Waals surface area contributed by atoms with Crippen LogP contribution in [0.25, 0.3) is 0 Å². The van der Waals surface area contributed by atoms with E-state index in [0.717, 1.165) is 24.6 Å². The first kappa shape index (κ1) is 25.3. The molecule has 0 radical (unpaired) electrons. The number of likely N-dealkylation sites (tertiary alicyclic amines) is 1. The van der Waals surface area contributed by atoms with E-state index in [0.29, 0.717) is 50.8 Å². The molecule has 0 N–H and O–H groups in total. The highest BCUT2D eigenvalue weighted by molar-refractivity contribution is 7.90. The number of rotatable bonds is 5. The minimum atomic E-state index is -4.45. The predicted octanol–water partition coefficient (Wildman–Crippen LogP) is 3.84. The predicted molar refractivity (Wildman–Crippen MR) is 117 cm³/mol. The Morgan fingerprint density at radius 1 is 1.03 bits per heavy atom. The van der Waals surface area contributed by atoms with E-state index in [9.17, 15) is 35.2 Å². The first-order valence-corrected chi connectivity index (χ1v) is 13.0. The summed E-state index contributed by atoms with van der Waals surface area (Å²) in [5.41, 5.74) is -0.856. The van der Waals surface area contributed by atoms with Crippen molar-refractivity contribution in [3.05, 3.63) is 53.2 Å². The Kier molecular flexibility index (Phi) is 6.78. The van der Waals surface area contributed by atoms with E-state index in [1.54, 1.807) is 4.90 Å². The third-order valence-corrected chi connectivity index (χ3v) is 7.73. The zero-order valence-electron chi connectivity index (χ0n) is 18.9. The summed E-state index contributed by atoms with van der Waals surface area (Å²) in [4.78, 5) is 19.8. The molecule has 12 heteroatoms. The molecule has 3 heterocycles. The number of sulfone groups is 1. The quantitative estimate of drug-likeness (QED) is 0.564. The number of hydrogen-bond donors (Lipinski definition) is 0. The number of nitrogens with zero attached hydrogens (tertiary/aromatic N) is 3. The molecule has 0 bridgehead atoms. The zero-order chi connectivity index (χ0) is 25.5. The van der Waals surface area contributed by atoms with E-state index in [1.165, 1.54) is 6.07 Å². The Balaban J connectivity index is 1.36. The topological polar surface area (TPSA) is 70.6 Å². The van der Waals surface area contributed by atoms with Crippen LogP contribution in [0.3, 0.4) is 0 Å². The highest BCUT2D eigenvalue weighted by Crippen LogP contribution is 2.32. The molecule has 4 rings (SSSR count). The average Bonchev–Trinajstić information content (AvgIpc) is 3.15. The normalized spacial score (nSPS) is 20.1. The van der Waals surface area contributed by atoms with Crippen molar-refractivity contribution in [2.75, 3.05) is 30.8 Å². The van der Waals surface area contributed by atoms with Crippen molar-refractivity contribution in [3.63, 3.8) is 0 Å². The number of pyridine rings is 1. The summed E-state index contributed by atoms with van der Waals surface area (Å²) in [6.45, 7) is 1.51. The second-order valence-electron chi connectivity index (χ2n) is 8.99. The third kappa shape index (κ3) is 5.41. The molecule has 1 aromatic heterocycles. The number of piperidine rings is 1. The first-order chi connectivity index (χ1) is 16.3. The number of amides is 1. The highest BCUT2D eigenvalue weighted by atomic mass is 32.2. The third-order valence-electron chi connectivity index (χ3n) is 6.62. The first-order valence-electron chi connectivity index (χ1n) is 11.1. The highest BCUT2D eigenvalue weighted by Gasteiger charge is 2.38. The van der Waals surface area contributed by atoms with Crippen LogP contribution in [0, 0.1) is 17.6 Å². The molecule has 1 aromatic carbocycles. The van der Waals surface area contributed by atoms with Crippen molar-refractivity contribution < 1.29 is 35.2 Å². The molecule has 0 aliphatic carbocycles. The Labute approximate surface area is 199 Å².